The van der Waals surface area contributed by atoms with Gasteiger partial charge in [0.25, 0.3) is 0 Å². The number of hydrogen-bond donors (Lipinski definition) is 1. The predicted octanol–water partition coefficient (Wildman–Crippen LogP) is 3.83. The lowest BCUT2D eigenvalue weighted by atomic mass is 9.95. The average Bonchev–Trinajstić information content (AvgIpc) is 2.93. The summed E-state index contributed by atoms with van der Waals surface area (Å²) >= 11 is 12.8. The van der Waals surface area contributed by atoms with Crippen LogP contribution in [0.3, 0.4) is 0 Å². The molecule has 0 amide bonds. The van der Waals surface area contributed by atoms with E-state index in [2.05, 4.69) is 15.4 Å². The van der Waals surface area contributed by atoms with Crippen LogP contribution in [0, 0.1) is 0 Å². The molecule has 6 nitrogen and oxygen atoms in total. The molecule has 0 saturated heterocycles. The number of anilines is 1. The third-order valence-electron chi connectivity index (χ3n) is 3.63. The lowest BCUT2D eigenvalue weighted by Crippen LogP contribution is -2.31. The Morgan fingerprint density at radius 3 is 2.62 bits per heavy atom. The van der Waals surface area contributed by atoms with E-state index < -0.39 is 12.0 Å². The maximum Gasteiger partial charge on any atom is 0.338 e. The number of fused-ring (bicyclic) bond motifs is 1. The summed E-state index contributed by atoms with van der Waals surface area (Å²) in [6, 6.07) is 4.58. The van der Waals surface area contributed by atoms with Crippen molar-refractivity contribution in [2.75, 3.05) is 5.32 Å². The maximum atomic E-state index is 12.7. The van der Waals surface area contributed by atoms with Crippen LogP contribution in [0.25, 0.3) is 0 Å². The number of allylic oxidation sites excluding steroid dienone is 1. The van der Waals surface area contributed by atoms with Crippen molar-refractivity contribution in [3.05, 3.63) is 51.4 Å². The summed E-state index contributed by atoms with van der Waals surface area (Å²) in [4.78, 5) is 16.9. The average molecular weight is 367 g/mol. The highest BCUT2D eigenvalue weighted by Crippen LogP contribution is 2.41. The first-order valence-electron chi connectivity index (χ1n) is 7.42. The zero-order valence-corrected chi connectivity index (χ0v) is 14.9. The molecule has 0 aliphatic carbocycles. The minimum absolute atomic E-state index is 0.252. The Labute approximate surface area is 149 Å². The standard InChI is InChI=1S/C16H16Cl2N4O2/c1-8(2)24-15(23)12-9(3)21-16-19-7-20-22(16)14(12)13-10(17)5-4-6-11(13)18/h4-8,14H,1-3H3,(H,19,20,21)/t14-/m0/s1. The Morgan fingerprint density at radius 2 is 2.00 bits per heavy atom. The van der Waals surface area contributed by atoms with Crippen LogP contribution in [-0.2, 0) is 9.53 Å². The van der Waals surface area contributed by atoms with Gasteiger partial charge in [0.15, 0.2) is 0 Å². The van der Waals surface area contributed by atoms with E-state index >= 15 is 0 Å². The lowest BCUT2D eigenvalue weighted by Gasteiger charge is -2.29. The fourth-order valence-electron chi connectivity index (χ4n) is 2.67. The van der Waals surface area contributed by atoms with Gasteiger partial charge in [0.05, 0.1) is 11.7 Å². The van der Waals surface area contributed by atoms with Gasteiger partial charge in [-0.25, -0.2) is 9.48 Å². The van der Waals surface area contributed by atoms with E-state index in [-0.39, 0.29) is 6.10 Å². The number of nitrogens with zero attached hydrogens (tertiary/aromatic N) is 3. The van der Waals surface area contributed by atoms with E-state index in [0.717, 1.165) is 0 Å². The molecule has 2 heterocycles. The zero-order valence-electron chi connectivity index (χ0n) is 13.4. The van der Waals surface area contributed by atoms with Gasteiger partial charge < -0.3 is 10.1 Å². The number of nitrogens with one attached hydrogen (secondary N) is 1. The molecule has 1 N–H and O–H groups in total. The van der Waals surface area contributed by atoms with E-state index in [4.69, 9.17) is 27.9 Å². The molecule has 1 aliphatic rings. The van der Waals surface area contributed by atoms with E-state index in [0.29, 0.717) is 32.8 Å². The molecule has 1 atom stereocenters. The smallest absolute Gasteiger partial charge is 0.338 e. The van der Waals surface area contributed by atoms with Gasteiger partial charge in [-0.15, -0.1) is 0 Å². The number of benzene rings is 1. The van der Waals surface area contributed by atoms with Gasteiger partial charge in [0.2, 0.25) is 5.95 Å². The van der Waals surface area contributed by atoms with Crippen molar-refractivity contribution in [1.29, 1.82) is 0 Å². The molecule has 0 saturated carbocycles. The van der Waals surface area contributed by atoms with Gasteiger partial charge in [-0.1, -0.05) is 29.3 Å². The van der Waals surface area contributed by atoms with Crippen molar-refractivity contribution in [2.24, 2.45) is 0 Å². The Morgan fingerprint density at radius 1 is 1.33 bits per heavy atom. The second kappa shape index (κ2) is 6.45. The van der Waals surface area contributed by atoms with Gasteiger partial charge in [-0.3, -0.25) is 0 Å². The third-order valence-corrected chi connectivity index (χ3v) is 4.29. The summed E-state index contributed by atoms with van der Waals surface area (Å²) in [7, 11) is 0. The van der Waals surface area contributed by atoms with Gasteiger partial charge in [-0.2, -0.15) is 10.1 Å². The van der Waals surface area contributed by atoms with Gasteiger partial charge in [0, 0.05) is 21.3 Å². The first-order chi connectivity index (χ1) is 11.4. The molecule has 0 unspecified atom stereocenters. The number of hydrogen-bond acceptors (Lipinski definition) is 5. The molecule has 0 radical (unpaired) electrons. The minimum Gasteiger partial charge on any atom is -0.459 e. The van der Waals surface area contributed by atoms with Crippen LogP contribution in [0.2, 0.25) is 10.0 Å². The Balaban J connectivity index is 2.20. The summed E-state index contributed by atoms with van der Waals surface area (Å²) < 4.78 is 6.98. The quantitative estimate of drug-likeness (QED) is 0.836. The molecule has 0 bridgehead atoms. The Kier molecular flexibility index (Phi) is 4.51. The summed E-state index contributed by atoms with van der Waals surface area (Å²) in [6.07, 6.45) is 1.15. The van der Waals surface area contributed by atoms with Crippen LogP contribution < -0.4 is 5.32 Å². The van der Waals surface area contributed by atoms with Crippen LogP contribution in [0.4, 0.5) is 5.95 Å². The lowest BCUT2D eigenvalue weighted by molar-refractivity contribution is -0.143. The predicted molar refractivity (Wildman–Crippen MR) is 92.2 cm³/mol. The maximum absolute atomic E-state index is 12.7. The molecule has 8 heteroatoms. The van der Waals surface area contributed by atoms with E-state index in [1.54, 1.807) is 43.7 Å². The van der Waals surface area contributed by atoms with E-state index in [1.165, 1.54) is 6.33 Å². The summed E-state index contributed by atoms with van der Waals surface area (Å²) in [5.74, 6) is 0.0618. The van der Waals surface area contributed by atoms with Crippen LogP contribution in [-0.4, -0.2) is 26.8 Å². The Bertz CT molecular complexity index is 809. The van der Waals surface area contributed by atoms with Crippen molar-refractivity contribution < 1.29 is 9.53 Å². The number of carbonyl (C=O) groups excluding carboxylic acids is 1. The molecule has 0 fully saturated rings. The van der Waals surface area contributed by atoms with Crippen molar-refractivity contribution in [2.45, 2.75) is 32.9 Å². The molecule has 1 aromatic carbocycles. The fraction of sp³-hybridized carbons (Fsp3) is 0.312. The Hall–Kier alpha value is -2.05. The van der Waals surface area contributed by atoms with Crippen LogP contribution in [0.15, 0.2) is 35.8 Å². The molecular weight excluding hydrogens is 351 g/mol. The van der Waals surface area contributed by atoms with E-state index in [9.17, 15) is 4.79 Å². The SMILES string of the molecule is CC1=C(C(=O)OC(C)C)[C@@H](c2c(Cl)cccc2Cl)n2ncnc2N1. The molecule has 1 aliphatic heterocycles. The summed E-state index contributed by atoms with van der Waals surface area (Å²) in [6.45, 7) is 5.37. The largest absolute Gasteiger partial charge is 0.459 e. The number of aromatic nitrogens is 3. The second-order valence-corrected chi connectivity index (χ2v) is 6.50. The topological polar surface area (TPSA) is 69.0 Å². The molecule has 24 heavy (non-hydrogen) atoms. The van der Waals surface area contributed by atoms with Crippen LogP contribution in [0.1, 0.15) is 32.4 Å². The number of rotatable bonds is 3. The van der Waals surface area contributed by atoms with Crippen LogP contribution in [0.5, 0.6) is 0 Å². The van der Waals surface area contributed by atoms with Crippen LogP contribution >= 0.6 is 23.2 Å². The molecule has 3 rings (SSSR count). The molecule has 1 aromatic heterocycles. The molecule has 126 valence electrons. The van der Waals surface area contributed by atoms with Crippen molar-refractivity contribution in [1.82, 2.24) is 14.8 Å². The number of carbonyl (C=O) groups is 1. The highest BCUT2D eigenvalue weighted by Gasteiger charge is 2.36. The number of halogens is 2. The number of ether oxygens (including phenoxy) is 1. The molecule has 0 spiro atoms. The normalized spacial score (nSPS) is 16.8. The molecule has 2 aromatic rings. The van der Waals surface area contributed by atoms with Crippen molar-refractivity contribution >= 4 is 35.1 Å². The highest BCUT2D eigenvalue weighted by atomic mass is 35.5. The van der Waals surface area contributed by atoms with Gasteiger partial charge in [-0.05, 0) is 32.9 Å². The second-order valence-electron chi connectivity index (χ2n) is 5.68. The first kappa shape index (κ1) is 16.8. The van der Waals surface area contributed by atoms with Gasteiger partial charge in [0.1, 0.15) is 12.4 Å². The summed E-state index contributed by atoms with van der Waals surface area (Å²) in [5, 5.41) is 8.18. The van der Waals surface area contributed by atoms with E-state index in [1.807, 2.05) is 0 Å². The number of esters is 1. The van der Waals surface area contributed by atoms with Crippen molar-refractivity contribution in [3.8, 4) is 0 Å². The highest BCUT2D eigenvalue weighted by molar-refractivity contribution is 6.36. The summed E-state index contributed by atoms with van der Waals surface area (Å²) in [5.41, 5.74) is 1.61. The monoisotopic (exact) mass is 366 g/mol. The fourth-order valence-corrected chi connectivity index (χ4v) is 3.28. The molecular formula is C16H16Cl2N4O2. The zero-order chi connectivity index (χ0) is 17.4. The minimum atomic E-state index is -0.615. The van der Waals surface area contributed by atoms with Gasteiger partial charge >= 0.3 is 5.97 Å². The van der Waals surface area contributed by atoms with Crippen molar-refractivity contribution in [3.63, 3.8) is 0 Å². The first-order valence-corrected chi connectivity index (χ1v) is 8.18. The third kappa shape index (κ3) is 2.87.